The number of rotatable bonds is 3. The first-order chi connectivity index (χ1) is 8.54. The molecule has 0 radical (unpaired) electrons. The molecule has 94 valence electrons. The fraction of sp³-hybridized carbons (Fsp3) is 0.231. The maximum Gasteiger partial charge on any atom is 0.341 e. The number of nitrogens with zero attached hydrogens (tertiary/aromatic N) is 1. The van der Waals surface area contributed by atoms with E-state index in [4.69, 9.17) is 9.63 Å². The van der Waals surface area contributed by atoms with Gasteiger partial charge in [0, 0.05) is 12.0 Å². The van der Waals surface area contributed by atoms with Gasteiger partial charge in [0.2, 0.25) is 0 Å². The molecule has 0 saturated carbocycles. The minimum atomic E-state index is -1.12. The van der Waals surface area contributed by atoms with Gasteiger partial charge in [-0.15, -0.1) is 0 Å². The lowest BCUT2D eigenvalue weighted by Gasteiger charge is -2.01. The van der Waals surface area contributed by atoms with Crippen LogP contribution in [0.2, 0.25) is 0 Å². The van der Waals surface area contributed by atoms with Crippen LogP contribution in [0.5, 0.6) is 0 Å². The Labute approximate surface area is 103 Å². The van der Waals surface area contributed by atoms with E-state index in [0.29, 0.717) is 23.3 Å². The summed E-state index contributed by atoms with van der Waals surface area (Å²) in [5.74, 6) is -1.23. The van der Waals surface area contributed by atoms with Gasteiger partial charge in [0.25, 0.3) is 0 Å². The number of benzene rings is 1. The molecule has 18 heavy (non-hydrogen) atoms. The highest BCUT2D eigenvalue weighted by atomic mass is 19.1. The Balaban J connectivity index is 2.60. The number of carboxylic acid groups (broad SMARTS) is 1. The van der Waals surface area contributed by atoms with Crippen molar-refractivity contribution in [3.05, 3.63) is 40.9 Å². The summed E-state index contributed by atoms with van der Waals surface area (Å²) in [6, 6.07) is 4.47. The third kappa shape index (κ3) is 1.99. The second kappa shape index (κ2) is 4.60. The Bertz CT molecular complexity index is 604. The molecule has 2 aromatic rings. The Kier molecular flexibility index (Phi) is 3.14. The van der Waals surface area contributed by atoms with Crippen LogP contribution < -0.4 is 0 Å². The molecule has 4 nitrogen and oxygen atoms in total. The Morgan fingerprint density at radius 2 is 2.22 bits per heavy atom. The number of aryl methyl sites for hydroxylation is 2. The highest BCUT2D eigenvalue weighted by Gasteiger charge is 2.22. The Hall–Kier alpha value is -2.17. The lowest BCUT2D eigenvalue weighted by atomic mass is 10.0. The molecular weight excluding hydrogens is 237 g/mol. The van der Waals surface area contributed by atoms with Gasteiger partial charge in [0.1, 0.15) is 17.1 Å². The van der Waals surface area contributed by atoms with Crippen LogP contribution in [0.1, 0.15) is 28.6 Å². The normalized spacial score (nSPS) is 10.6. The molecule has 0 aliphatic carbocycles. The summed E-state index contributed by atoms with van der Waals surface area (Å²) in [6.45, 7) is 3.41. The van der Waals surface area contributed by atoms with Crippen molar-refractivity contribution >= 4 is 5.97 Å². The maximum absolute atomic E-state index is 13.5. The average Bonchev–Trinajstić information content (AvgIpc) is 2.76. The van der Waals surface area contributed by atoms with Crippen LogP contribution in [0.25, 0.3) is 11.3 Å². The molecule has 0 amide bonds. The number of hydrogen-bond donors (Lipinski definition) is 1. The van der Waals surface area contributed by atoms with Gasteiger partial charge in [0.15, 0.2) is 5.76 Å². The fourth-order valence-electron chi connectivity index (χ4n) is 1.72. The van der Waals surface area contributed by atoms with Gasteiger partial charge in [-0.3, -0.25) is 0 Å². The number of carboxylic acids is 1. The van der Waals surface area contributed by atoms with Crippen molar-refractivity contribution in [1.29, 1.82) is 0 Å². The molecule has 0 spiro atoms. The third-order valence-corrected chi connectivity index (χ3v) is 2.74. The molecule has 0 fully saturated rings. The zero-order valence-corrected chi connectivity index (χ0v) is 10.0. The molecule has 0 bridgehead atoms. The number of halogens is 1. The average molecular weight is 249 g/mol. The zero-order chi connectivity index (χ0) is 13.3. The zero-order valence-electron chi connectivity index (χ0n) is 10.0. The molecule has 1 aromatic carbocycles. The third-order valence-electron chi connectivity index (χ3n) is 2.74. The van der Waals surface area contributed by atoms with E-state index in [2.05, 4.69) is 5.16 Å². The quantitative estimate of drug-likeness (QED) is 0.908. The standard InChI is InChI=1S/C13H12FNO3/c1-3-10-11(13(16)17)12(15-18-10)8-5-4-7(2)9(14)6-8/h4-6H,3H2,1-2H3,(H,16,17). The van der Waals surface area contributed by atoms with E-state index < -0.39 is 11.8 Å². The molecule has 0 aliphatic rings. The Morgan fingerprint density at radius 3 is 2.78 bits per heavy atom. The molecule has 1 heterocycles. The molecule has 5 heteroatoms. The lowest BCUT2D eigenvalue weighted by Crippen LogP contribution is -2.01. The van der Waals surface area contributed by atoms with Crippen LogP contribution in [0.4, 0.5) is 4.39 Å². The first kappa shape index (κ1) is 12.3. The van der Waals surface area contributed by atoms with E-state index in [1.807, 2.05) is 0 Å². The largest absolute Gasteiger partial charge is 0.477 e. The van der Waals surface area contributed by atoms with Crippen LogP contribution in [0, 0.1) is 12.7 Å². The van der Waals surface area contributed by atoms with Crippen molar-refractivity contribution in [2.75, 3.05) is 0 Å². The summed E-state index contributed by atoms with van der Waals surface area (Å²) in [5, 5.41) is 12.9. The van der Waals surface area contributed by atoms with E-state index in [1.165, 1.54) is 6.07 Å². The first-order valence-corrected chi connectivity index (χ1v) is 5.53. The molecular formula is C13H12FNO3. The van der Waals surface area contributed by atoms with Gasteiger partial charge in [-0.1, -0.05) is 24.2 Å². The maximum atomic E-state index is 13.5. The monoisotopic (exact) mass is 249 g/mol. The number of carbonyl (C=O) groups is 1. The summed E-state index contributed by atoms with van der Waals surface area (Å²) >= 11 is 0. The SMILES string of the molecule is CCc1onc(-c2ccc(C)c(F)c2)c1C(=O)O. The van der Waals surface area contributed by atoms with E-state index in [9.17, 15) is 9.18 Å². The van der Waals surface area contributed by atoms with Crippen LogP contribution in [-0.2, 0) is 6.42 Å². The second-order valence-corrected chi connectivity index (χ2v) is 3.95. The van der Waals surface area contributed by atoms with Gasteiger partial charge in [-0.2, -0.15) is 0 Å². The minimum Gasteiger partial charge on any atom is -0.477 e. The summed E-state index contributed by atoms with van der Waals surface area (Å²) < 4.78 is 18.5. The first-order valence-electron chi connectivity index (χ1n) is 5.53. The highest BCUT2D eigenvalue weighted by Crippen LogP contribution is 2.27. The van der Waals surface area contributed by atoms with Crippen molar-refractivity contribution in [1.82, 2.24) is 5.16 Å². The van der Waals surface area contributed by atoms with Crippen LogP contribution in [-0.4, -0.2) is 16.2 Å². The van der Waals surface area contributed by atoms with E-state index >= 15 is 0 Å². The van der Waals surface area contributed by atoms with Crippen molar-refractivity contribution < 1.29 is 18.8 Å². The summed E-state index contributed by atoms with van der Waals surface area (Å²) in [4.78, 5) is 11.2. The molecule has 0 aliphatic heterocycles. The van der Waals surface area contributed by atoms with Crippen LogP contribution in [0.15, 0.2) is 22.7 Å². The Morgan fingerprint density at radius 1 is 1.50 bits per heavy atom. The minimum absolute atomic E-state index is 0.000697. The van der Waals surface area contributed by atoms with Crippen molar-refractivity contribution in [2.45, 2.75) is 20.3 Å². The molecule has 2 rings (SSSR count). The molecule has 1 aromatic heterocycles. The van der Waals surface area contributed by atoms with Crippen molar-refractivity contribution in [3.8, 4) is 11.3 Å². The van der Waals surface area contributed by atoms with Crippen molar-refractivity contribution in [3.63, 3.8) is 0 Å². The van der Waals surface area contributed by atoms with Crippen LogP contribution in [0.3, 0.4) is 0 Å². The molecule has 0 atom stereocenters. The molecule has 0 saturated heterocycles. The van der Waals surface area contributed by atoms with E-state index in [1.54, 1.807) is 26.0 Å². The van der Waals surface area contributed by atoms with Gasteiger partial charge in [0.05, 0.1) is 0 Å². The van der Waals surface area contributed by atoms with Crippen molar-refractivity contribution in [2.24, 2.45) is 0 Å². The van der Waals surface area contributed by atoms with Gasteiger partial charge < -0.3 is 9.63 Å². The highest BCUT2D eigenvalue weighted by molar-refractivity contribution is 5.95. The molecule has 1 N–H and O–H groups in total. The summed E-state index contributed by atoms with van der Waals surface area (Å²) in [6.07, 6.45) is 0.420. The predicted octanol–water partition coefficient (Wildman–Crippen LogP) is 3.05. The topological polar surface area (TPSA) is 63.3 Å². The fourth-order valence-corrected chi connectivity index (χ4v) is 1.72. The number of aromatic carboxylic acids is 1. The van der Waals surface area contributed by atoms with Gasteiger partial charge in [-0.05, 0) is 18.6 Å². The summed E-state index contributed by atoms with van der Waals surface area (Å²) in [7, 11) is 0. The lowest BCUT2D eigenvalue weighted by molar-refractivity contribution is 0.0695. The van der Waals surface area contributed by atoms with E-state index in [-0.39, 0.29) is 11.3 Å². The van der Waals surface area contributed by atoms with Gasteiger partial charge in [-0.25, -0.2) is 9.18 Å². The molecule has 0 unspecified atom stereocenters. The smallest absolute Gasteiger partial charge is 0.341 e. The predicted molar refractivity (Wildman–Crippen MR) is 63.0 cm³/mol. The number of hydrogen-bond acceptors (Lipinski definition) is 3. The van der Waals surface area contributed by atoms with Gasteiger partial charge >= 0.3 is 5.97 Å². The van der Waals surface area contributed by atoms with E-state index in [0.717, 1.165) is 0 Å². The van der Waals surface area contributed by atoms with Crippen LogP contribution >= 0.6 is 0 Å². The number of aromatic nitrogens is 1. The second-order valence-electron chi connectivity index (χ2n) is 3.95. The summed E-state index contributed by atoms with van der Waals surface area (Å²) in [5.41, 5.74) is 1.06.